The van der Waals surface area contributed by atoms with Gasteiger partial charge in [-0.25, -0.2) is 4.98 Å². The summed E-state index contributed by atoms with van der Waals surface area (Å²) in [5.41, 5.74) is 6.13. The Labute approximate surface area is 100 Å². The van der Waals surface area contributed by atoms with E-state index in [4.69, 9.17) is 17.3 Å². The first-order chi connectivity index (χ1) is 7.30. The molecule has 0 saturated heterocycles. The average Bonchev–Trinajstić information content (AvgIpc) is 2.19. The van der Waals surface area contributed by atoms with Gasteiger partial charge < -0.3 is 11.1 Å². The summed E-state index contributed by atoms with van der Waals surface area (Å²) in [6, 6.07) is 2.73. The van der Waals surface area contributed by atoms with E-state index in [1.165, 1.54) is 6.20 Å². The quantitative estimate of drug-likeness (QED) is 0.779. The van der Waals surface area contributed by atoms with Crippen LogP contribution in [0.4, 0.5) is 5.69 Å². The predicted molar refractivity (Wildman–Crippen MR) is 65.3 cm³/mol. The summed E-state index contributed by atoms with van der Waals surface area (Å²) in [5, 5.41) is 3.08. The van der Waals surface area contributed by atoms with Crippen molar-refractivity contribution in [3.05, 3.63) is 23.5 Å². The van der Waals surface area contributed by atoms with Crippen LogP contribution in [0.25, 0.3) is 0 Å². The second-order valence-corrected chi connectivity index (χ2v) is 5.09. The topological polar surface area (TPSA) is 68.0 Å². The molecule has 0 bridgehead atoms. The van der Waals surface area contributed by atoms with Crippen LogP contribution in [0.2, 0.25) is 5.15 Å². The molecule has 1 atom stereocenters. The molecular formula is C11H16ClN3O. The van der Waals surface area contributed by atoms with Crippen LogP contribution in [0.3, 0.4) is 0 Å². The first-order valence-electron chi connectivity index (χ1n) is 4.98. The van der Waals surface area contributed by atoms with Gasteiger partial charge in [-0.1, -0.05) is 32.4 Å². The minimum atomic E-state index is -0.567. The fraction of sp³-hybridized carbons (Fsp3) is 0.455. The molecule has 1 heterocycles. The minimum Gasteiger partial charge on any atom is -0.323 e. The minimum absolute atomic E-state index is 0.225. The molecule has 4 nitrogen and oxygen atoms in total. The van der Waals surface area contributed by atoms with Crippen LogP contribution in [0.15, 0.2) is 18.3 Å². The average molecular weight is 242 g/mol. The second kappa shape index (κ2) is 4.80. The van der Waals surface area contributed by atoms with Gasteiger partial charge >= 0.3 is 0 Å². The molecule has 0 aliphatic rings. The number of amides is 1. The summed E-state index contributed by atoms with van der Waals surface area (Å²) in [4.78, 5) is 15.6. The van der Waals surface area contributed by atoms with Crippen molar-refractivity contribution in [3.8, 4) is 0 Å². The van der Waals surface area contributed by atoms with Crippen molar-refractivity contribution in [2.24, 2.45) is 11.1 Å². The highest BCUT2D eigenvalue weighted by Gasteiger charge is 2.27. The molecule has 0 spiro atoms. The molecule has 1 aromatic heterocycles. The molecular weight excluding hydrogens is 226 g/mol. The smallest absolute Gasteiger partial charge is 0.241 e. The van der Waals surface area contributed by atoms with Gasteiger partial charge in [0.1, 0.15) is 5.15 Å². The number of hydrogen-bond acceptors (Lipinski definition) is 3. The van der Waals surface area contributed by atoms with E-state index in [1.807, 2.05) is 20.8 Å². The zero-order valence-electron chi connectivity index (χ0n) is 9.62. The van der Waals surface area contributed by atoms with E-state index >= 15 is 0 Å². The van der Waals surface area contributed by atoms with Crippen molar-refractivity contribution in [1.29, 1.82) is 0 Å². The lowest BCUT2D eigenvalue weighted by Crippen LogP contribution is -2.45. The second-order valence-electron chi connectivity index (χ2n) is 4.70. The molecule has 1 rings (SSSR count). The molecule has 1 amide bonds. The van der Waals surface area contributed by atoms with E-state index in [2.05, 4.69) is 10.3 Å². The molecule has 3 N–H and O–H groups in total. The third-order valence-corrected chi connectivity index (χ3v) is 2.43. The Morgan fingerprint density at radius 2 is 2.12 bits per heavy atom. The Morgan fingerprint density at radius 1 is 1.50 bits per heavy atom. The number of nitrogens with zero attached hydrogens (tertiary/aromatic N) is 1. The standard InChI is InChI=1S/C11H16ClN3O/c1-11(2,3)9(13)10(16)15-7-4-5-8(12)14-6-7/h4-6,9H,13H2,1-3H3,(H,15,16)/t9-/m0/s1. The van der Waals surface area contributed by atoms with Crippen LogP contribution in [-0.4, -0.2) is 16.9 Å². The van der Waals surface area contributed by atoms with Gasteiger partial charge in [0.2, 0.25) is 5.91 Å². The Balaban J connectivity index is 2.68. The lowest BCUT2D eigenvalue weighted by Gasteiger charge is -2.25. The van der Waals surface area contributed by atoms with Gasteiger partial charge in [0.25, 0.3) is 0 Å². The van der Waals surface area contributed by atoms with Crippen LogP contribution >= 0.6 is 11.6 Å². The molecule has 0 aromatic carbocycles. The Kier molecular flexibility index (Phi) is 3.88. The Bertz CT molecular complexity index is 370. The van der Waals surface area contributed by atoms with Crippen molar-refractivity contribution in [3.63, 3.8) is 0 Å². The first-order valence-corrected chi connectivity index (χ1v) is 5.36. The van der Waals surface area contributed by atoms with Crippen molar-refractivity contribution < 1.29 is 4.79 Å². The zero-order chi connectivity index (χ0) is 12.3. The molecule has 1 aromatic rings. The number of carbonyl (C=O) groups excluding carboxylic acids is 1. The van der Waals surface area contributed by atoms with Gasteiger partial charge in [-0.3, -0.25) is 4.79 Å². The molecule has 0 unspecified atom stereocenters. The SMILES string of the molecule is CC(C)(C)[C@@H](N)C(=O)Nc1ccc(Cl)nc1. The normalized spacial score (nSPS) is 13.3. The van der Waals surface area contributed by atoms with E-state index in [9.17, 15) is 4.79 Å². The molecule has 0 aliphatic heterocycles. The number of anilines is 1. The molecule has 16 heavy (non-hydrogen) atoms. The molecule has 5 heteroatoms. The maximum absolute atomic E-state index is 11.7. The highest BCUT2D eigenvalue weighted by atomic mass is 35.5. The summed E-state index contributed by atoms with van der Waals surface area (Å²) in [6.07, 6.45) is 1.50. The lowest BCUT2D eigenvalue weighted by atomic mass is 9.87. The van der Waals surface area contributed by atoms with Gasteiger partial charge in [0.05, 0.1) is 17.9 Å². The Morgan fingerprint density at radius 3 is 2.56 bits per heavy atom. The van der Waals surface area contributed by atoms with Gasteiger partial charge in [-0.05, 0) is 17.5 Å². The van der Waals surface area contributed by atoms with Gasteiger partial charge in [0.15, 0.2) is 0 Å². The monoisotopic (exact) mass is 241 g/mol. The van der Waals surface area contributed by atoms with Crippen molar-refractivity contribution >= 4 is 23.2 Å². The summed E-state index contributed by atoms with van der Waals surface area (Å²) in [7, 11) is 0. The zero-order valence-corrected chi connectivity index (χ0v) is 10.4. The first kappa shape index (κ1) is 12.9. The third-order valence-electron chi connectivity index (χ3n) is 2.21. The van der Waals surface area contributed by atoms with Crippen LogP contribution in [0.5, 0.6) is 0 Å². The summed E-state index contributed by atoms with van der Waals surface area (Å²) in [6.45, 7) is 5.74. The van der Waals surface area contributed by atoms with Crippen molar-refractivity contribution in [1.82, 2.24) is 4.98 Å². The van der Waals surface area contributed by atoms with Gasteiger partial charge in [-0.15, -0.1) is 0 Å². The molecule has 0 saturated carbocycles. The van der Waals surface area contributed by atoms with E-state index in [1.54, 1.807) is 12.1 Å². The fourth-order valence-electron chi connectivity index (χ4n) is 1.06. The van der Waals surface area contributed by atoms with Crippen molar-refractivity contribution in [2.45, 2.75) is 26.8 Å². The number of carbonyl (C=O) groups is 1. The van der Waals surface area contributed by atoms with E-state index in [0.717, 1.165) is 0 Å². The molecule has 0 aliphatic carbocycles. The number of nitrogens with one attached hydrogen (secondary N) is 1. The number of nitrogens with two attached hydrogens (primary N) is 1. The maximum Gasteiger partial charge on any atom is 0.241 e. The van der Waals surface area contributed by atoms with E-state index in [0.29, 0.717) is 10.8 Å². The Hall–Kier alpha value is -1.13. The summed E-state index contributed by atoms with van der Waals surface area (Å²) in [5.74, 6) is -0.225. The van der Waals surface area contributed by atoms with Crippen LogP contribution in [-0.2, 0) is 4.79 Å². The number of halogens is 1. The predicted octanol–water partition coefficient (Wildman–Crippen LogP) is 2.05. The summed E-state index contributed by atoms with van der Waals surface area (Å²) >= 11 is 5.63. The van der Waals surface area contributed by atoms with Crippen LogP contribution in [0, 0.1) is 5.41 Å². The fourth-order valence-corrected chi connectivity index (χ4v) is 1.17. The van der Waals surface area contributed by atoms with E-state index in [-0.39, 0.29) is 11.3 Å². The molecule has 0 radical (unpaired) electrons. The maximum atomic E-state index is 11.7. The highest BCUT2D eigenvalue weighted by Crippen LogP contribution is 2.19. The van der Waals surface area contributed by atoms with Gasteiger partial charge in [-0.2, -0.15) is 0 Å². The third kappa shape index (κ3) is 3.47. The van der Waals surface area contributed by atoms with E-state index < -0.39 is 6.04 Å². The number of pyridine rings is 1. The number of aromatic nitrogens is 1. The number of hydrogen-bond donors (Lipinski definition) is 2. The van der Waals surface area contributed by atoms with Crippen LogP contribution in [0.1, 0.15) is 20.8 Å². The van der Waals surface area contributed by atoms with Crippen LogP contribution < -0.4 is 11.1 Å². The van der Waals surface area contributed by atoms with Gasteiger partial charge in [0, 0.05) is 0 Å². The summed E-state index contributed by atoms with van der Waals surface area (Å²) < 4.78 is 0. The van der Waals surface area contributed by atoms with Crippen molar-refractivity contribution in [2.75, 3.05) is 5.32 Å². The highest BCUT2D eigenvalue weighted by molar-refractivity contribution is 6.29. The number of rotatable bonds is 2. The lowest BCUT2D eigenvalue weighted by molar-refractivity contribution is -0.119. The molecule has 88 valence electrons. The largest absolute Gasteiger partial charge is 0.323 e. The molecule has 0 fully saturated rings.